The van der Waals surface area contributed by atoms with Crippen LogP contribution in [-0.2, 0) is 14.3 Å². The Bertz CT molecular complexity index is 1120. The Morgan fingerprint density at radius 1 is 1.22 bits per heavy atom. The van der Waals surface area contributed by atoms with Crippen molar-refractivity contribution in [1.29, 1.82) is 0 Å². The van der Waals surface area contributed by atoms with Gasteiger partial charge < -0.3 is 9.84 Å². The van der Waals surface area contributed by atoms with Crippen molar-refractivity contribution in [3.63, 3.8) is 0 Å². The first-order valence-corrected chi connectivity index (χ1v) is 10.6. The summed E-state index contributed by atoms with van der Waals surface area (Å²) in [4.78, 5) is 36.9. The molecule has 0 radical (unpaired) electrons. The molecule has 1 aliphatic rings. The number of ether oxygens (including phenoxy) is 1. The van der Waals surface area contributed by atoms with E-state index in [1.807, 2.05) is 24.4 Å². The van der Waals surface area contributed by atoms with Crippen molar-refractivity contribution >= 4 is 29.0 Å². The number of carbonyl (C=O) groups is 2. The average molecular weight is 458 g/mol. The number of nitro groups is 1. The van der Waals surface area contributed by atoms with Crippen molar-refractivity contribution in [3.05, 3.63) is 84.9 Å². The van der Waals surface area contributed by atoms with Crippen LogP contribution in [0.15, 0.2) is 64.3 Å². The molecular weight excluding hydrogens is 436 g/mol. The number of non-ortho nitro benzene ring substituents is 1. The van der Waals surface area contributed by atoms with Crippen molar-refractivity contribution in [1.82, 2.24) is 5.06 Å². The summed E-state index contributed by atoms with van der Waals surface area (Å²) in [5.74, 6) is -3.39. The molecule has 0 aliphatic carbocycles. The Balaban J connectivity index is 2.04. The number of nitro benzene ring substituents is 1. The van der Waals surface area contributed by atoms with E-state index in [2.05, 4.69) is 0 Å². The van der Waals surface area contributed by atoms with Gasteiger partial charge in [0.1, 0.15) is 0 Å². The van der Waals surface area contributed by atoms with Crippen LogP contribution in [0.5, 0.6) is 0 Å². The van der Waals surface area contributed by atoms with Crippen LogP contribution in [0.25, 0.3) is 0 Å². The van der Waals surface area contributed by atoms with Crippen LogP contribution in [0.3, 0.4) is 0 Å². The zero-order valence-corrected chi connectivity index (χ0v) is 18.5. The molecule has 2 N–H and O–H groups in total. The van der Waals surface area contributed by atoms with Gasteiger partial charge in [-0.1, -0.05) is 25.1 Å². The quantitative estimate of drug-likeness (QED) is 0.354. The molecule has 0 amide bonds. The molecule has 0 saturated carbocycles. The minimum atomic E-state index is -1.36. The van der Waals surface area contributed by atoms with E-state index in [4.69, 9.17) is 4.74 Å². The highest BCUT2D eigenvalue weighted by Gasteiger charge is 2.40. The second kappa shape index (κ2) is 9.33. The Labute approximate surface area is 188 Å². The number of carbonyl (C=O) groups excluding carboxylic acids is 1. The number of carboxylic acids is 1. The van der Waals surface area contributed by atoms with Crippen molar-refractivity contribution in [3.8, 4) is 0 Å². The van der Waals surface area contributed by atoms with Gasteiger partial charge in [0.2, 0.25) is 0 Å². The molecule has 1 aliphatic heterocycles. The SMILES string of the molecule is CC1=C(C(=O)O)C(c2cccc([N+](=O)[O-])c2)C(C(=O)OCC(C)c2cccs2)=C(C)N1O. The zero-order valence-electron chi connectivity index (χ0n) is 17.6. The molecule has 3 rings (SSSR count). The summed E-state index contributed by atoms with van der Waals surface area (Å²) in [6.07, 6.45) is 0. The predicted molar refractivity (Wildman–Crippen MR) is 116 cm³/mol. The van der Waals surface area contributed by atoms with Crippen molar-refractivity contribution < 1.29 is 29.6 Å². The molecule has 9 nitrogen and oxygen atoms in total. The highest BCUT2D eigenvalue weighted by molar-refractivity contribution is 7.10. The maximum absolute atomic E-state index is 13.1. The molecule has 168 valence electrons. The lowest BCUT2D eigenvalue weighted by atomic mass is 9.80. The van der Waals surface area contributed by atoms with Crippen LogP contribution in [0, 0.1) is 10.1 Å². The number of nitrogens with zero attached hydrogens (tertiary/aromatic N) is 2. The van der Waals surface area contributed by atoms with Crippen LogP contribution >= 0.6 is 11.3 Å². The van der Waals surface area contributed by atoms with E-state index >= 15 is 0 Å². The fourth-order valence-electron chi connectivity index (χ4n) is 3.67. The molecule has 1 aromatic heterocycles. The van der Waals surface area contributed by atoms with Gasteiger partial charge in [-0.2, -0.15) is 0 Å². The lowest BCUT2D eigenvalue weighted by molar-refractivity contribution is -0.384. The third-order valence-electron chi connectivity index (χ3n) is 5.35. The topological polar surface area (TPSA) is 130 Å². The fourth-order valence-corrected chi connectivity index (χ4v) is 4.44. The molecule has 1 aromatic carbocycles. The number of hydroxylamine groups is 2. The van der Waals surface area contributed by atoms with Crippen LogP contribution < -0.4 is 0 Å². The van der Waals surface area contributed by atoms with E-state index < -0.39 is 22.8 Å². The molecule has 2 unspecified atom stereocenters. The van der Waals surface area contributed by atoms with E-state index in [1.165, 1.54) is 49.4 Å². The monoisotopic (exact) mass is 458 g/mol. The second-order valence-electron chi connectivity index (χ2n) is 7.42. The number of hydrogen-bond acceptors (Lipinski definition) is 8. The summed E-state index contributed by atoms with van der Waals surface area (Å²) in [5.41, 5.74) is -0.256. The number of carboxylic acid groups (broad SMARTS) is 1. The third-order valence-corrected chi connectivity index (χ3v) is 6.45. The van der Waals surface area contributed by atoms with Crippen molar-refractivity contribution in [2.75, 3.05) is 6.61 Å². The number of hydrogen-bond donors (Lipinski definition) is 2. The summed E-state index contributed by atoms with van der Waals surface area (Å²) in [5, 5.41) is 34.1. The van der Waals surface area contributed by atoms with Gasteiger partial charge in [-0.15, -0.1) is 11.3 Å². The fraction of sp³-hybridized carbons (Fsp3) is 0.273. The largest absolute Gasteiger partial charge is 0.478 e. The minimum absolute atomic E-state index is 0.00927. The van der Waals surface area contributed by atoms with E-state index in [0.29, 0.717) is 5.06 Å². The molecular formula is C22H22N2O7S. The maximum Gasteiger partial charge on any atom is 0.336 e. The zero-order chi connectivity index (χ0) is 23.6. The molecule has 2 heterocycles. The maximum atomic E-state index is 13.1. The van der Waals surface area contributed by atoms with Gasteiger partial charge in [0.05, 0.1) is 40.0 Å². The summed E-state index contributed by atoms with van der Waals surface area (Å²) < 4.78 is 5.50. The second-order valence-corrected chi connectivity index (χ2v) is 8.39. The lowest BCUT2D eigenvalue weighted by Gasteiger charge is -2.33. The molecule has 2 aromatic rings. The van der Waals surface area contributed by atoms with Crippen molar-refractivity contribution in [2.24, 2.45) is 0 Å². The minimum Gasteiger partial charge on any atom is -0.478 e. The highest BCUT2D eigenvalue weighted by Crippen LogP contribution is 2.42. The molecule has 10 heteroatoms. The smallest absolute Gasteiger partial charge is 0.336 e. The normalized spacial score (nSPS) is 17.4. The first kappa shape index (κ1) is 23.2. The van der Waals surface area contributed by atoms with Crippen LogP contribution in [-0.4, -0.2) is 38.8 Å². The number of rotatable bonds is 7. The Hall–Kier alpha value is -3.50. The van der Waals surface area contributed by atoms with Crippen LogP contribution in [0.1, 0.15) is 43.0 Å². The van der Waals surface area contributed by atoms with E-state index in [1.54, 1.807) is 0 Å². The van der Waals surface area contributed by atoms with Gasteiger partial charge in [-0.05, 0) is 30.9 Å². The summed E-state index contributed by atoms with van der Waals surface area (Å²) in [6.45, 7) is 4.81. The molecule has 32 heavy (non-hydrogen) atoms. The Kier molecular flexibility index (Phi) is 6.75. The third kappa shape index (κ3) is 4.41. The molecule has 0 spiro atoms. The Morgan fingerprint density at radius 3 is 2.50 bits per heavy atom. The van der Waals surface area contributed by atoms with Gasteiger partial charge in [0.15, 0.2) is 0 Å². The van der Waals surface area contributed by atoms with Crippen molar-refractivity contribution in [2.45, 2.75) is 32.6 Å². The number of allylic oxidation sites excluding steroid dienone is 2. The Morgan fingerprint density at radius 2 is 1.91 bits per heavy atom. The summed E-state index contributed by atoms with van der Waals surface area (Å²) in [7, 11) is 0. The summed E-state index contributed by atoms with van der Waals surface area (Å²) >= 11 is 1.52. The van der Waals surface area contributed by atoms with Gasteiger partial charge in [0.25, 0.3) is 5.69 Å². The van der Waals surface area contributed by atoms with E-state index in [-0.39, 0.29) is 46.3 Å². The van der Waals surface area contributed by atoms with Gasteiger partial charge in [-0.25, -0.2) is 14.7 Å². The standard InChI is InChI=1S/C22H22N2O7S/c1-12(17-8-5-9-32-17)11-31-22(27)19-14(3)23(28)13(2)18(21(25)26)20(19)15-6-4-7-16(10-15)24(29)30/h4-10,12,20,28H,11H2,1-3H3,(H,25,26). The summed E-state index contributed by atoms with van der Waals surface area (Å²) in [6, 6.07) is 9.24. The van der Waals surface area contributed by atoms with Crippen LogP contribution in [0.4, 0.5) is 5.69 Å². The van der Waals surface area contributed by atoms with Gasteiger partial charge in [0, 0.05) is 22.9 Å². The predicted octanol–water partition coefficient (Wildman–Crippen LogP) is 4.42. The van der Waals surface area contributed by atoms with E-state index in [9.17, 15) is 30.0 Å². The number of esters is 1. The molecule has 0 fully saturated rings. The first-order chi connectivity index (χ1) is 15.1. The average Bonchev–Trinajstić information content (AvgIpc) is 3.30. The molecule has 0 saturated heterocycles. The highest BCUT2D eigenvalue weighted by atomic mass is 32.1. The first-order valence-electron chi connectivity index (χ1n) is 9.72. The molecule has 2 atom stereocenters. The van der Waals surface area contributed by atoms with Gasteiger partial charge in [-0.3, -0.25) is 15.3 Å². The number of benzene rings is 1. The van der Waals surface area contributed by atoms with Crippen LogP contribution in [0.2, 0.25) is 0 Å². The molecule has 0 bridgehead atoms. The van der Waals surface area contributed by atoms with Gasteiger partial charge >= 0.3 is 11.9 Å². The lowest BCUT2D eigenvalue weighted by Crippen LogP contribution is -2.33. The number of aliphatic carboxylic acids is 1. The van der Waals surface area contributed by atoms with E-state index in [0.717, 1.165) is 4.88 Å². The number of thiophene rings is 1.